The summed E-state index contributed by atoms with van der Waals surface area (Å²) >= 11 is 0. The fourth-order valence-corrected chi connectivity index (χ4v) is 1.67. The van der Waals surface area contributed by atoms with Gasteiger partial charge in [-0.25, -0.2) is 4.79 Å². The lowest BCUT2D eigenvalue weighted by atomic mass is 10.2. The van der Waals surface area contributed by atoms with Crippen LogP contribution < -0.4 is 15.2 Å². The number of nitrogen functional groups attached to an aromatic ring is 1. The van der Waals surface area contributed by atoms with Gasteiger partial charge in [-0.15, -0.1) is 0 Å². The molecule has 0 unspecified atom stereocenters. The molecule has 2 aromatic carbocycles. The Balaban J connectivity index is 1.78. The minimum absolute atomic E-state index is 0.145. The van der Waals surface area contributed by atoms with E-state index < -0.39 is 5.97 Å². The minimum atomic E-state index is -0.436. The Labute approximate surface area is 123 Å². The third-order valence-corrected chi connectivity index (χ3v) is 2.77. The molecule has 0 fully saturated rings. The van der Waals surface area contributed by atoms with Crippen molar-refractivity contribution in [3.63, 3.8) is 0 Å². The molecule has 0 saturated carbocycles. The number of hydrogen-bond acceptors (Lipinski definition) is 5. The predicted octanol–water partition coefficient (Wildman–Crippen LogP) is 2.40. The van der Waals surface area contributed by atoms with Crippen LogP contribution in [0.15, 0.2) is 48.5 Å². The number of benzene rings is 2. The highest BCUT2D eigenvalue weighted by Crippen LogP contribution is 2.14. The molecule has 0 atom stereocenters. The average Bonchev–Trinajstić information content (AvgIpc) is 2.52. The largest absolute Gasteiger partial charge is 0.497 e. The smallest absolute Gasteiger partial charge is 0.344 e. The summed E-state index contributed by atoms with van der Waals surface area (Å²) in [6, 6.07) is 14.1. The molecule has 0 saturated heterocycles. The Kier molecular flexibility index (Phi) is 5.04. The van der Waals surface area contributed by atoms with E-state index in [1.165, 1.54) is 0 Å². The van der Waals surface area contributed by atoms with E-state index in [0.29, 0.717) is 11.4 Å². The first-order valence-corrected chi connectivity index (χ1v) is 6.44. The summed E-state index contributed by atoms with van der Waals surface area (Å²) in [5.41, 5.74) is 7.06. The van der Waals surface area contributed by atoms with Gasteiger partial charge in [0, 0.05) is 5.69 Å². The molecule has 0 bridgehead atoms. The first-order valence-electron chi connectivity index (χ1n) is 6.44. The van der Waals surface area contributed by atoms with Gasteiger partial charge in [0.1, 0.15) is 18.1 Å². The van der Waals surface area contributed by atoms with Crippen molar-refractivity contribution in [2.24, 2.45) is 0 Å². The van der Waals surface area contributed by atoms with Gasteiger partial charge < -0.3 is 19.9 Å². The molecular formula is C16H17NO4. The van der Waals surface area contributed by atoms with E-state index in [0.717, 1.165) is 11.3 Å². The Hall–Kier alpha value is -2.69. The monoisotopic (exact) mass is 287 g/mol. The van der Waals surface area contributed by atoms with Crippen LogP contribution in [0, 0.1) is 0 Å². The summed E-state index contributed by atoms with van der Waals surface area (Å²) in [4.78, 5) is 11.6. The quantitative estimate of drug-likeness (QED) is 0.652. The van der Waals surface area contributed by atoms with Gasteiger partial charge in [0.25, 0.3) is 0 Å². The van der Waals surface area contributed by atoms with Gasteiger partial charge in [-0.05, 0) is 42.0 Å². The summed E-state index contributed by atoms with van der Waals surface area (Å²) in [5.74, 6) is 0.860. The maximum Gasteiger partial charge on any atom is 0.344 e. The van der Waals surface area contributed by atoms with E-state index in [-0.39, 0.29) is 13.2 Å². The number of rotatable bonds is 6. The molecule has 21 heavy (non-hydrogen) atoms. The van der Waals surface area contributed by atoms with E-state index in [4.69, 9.17) is 19.9 Å². The highest BCUT2D eigenvalue weighted by molar-refractivity contribution is 5.71. The molecule has 0 spiro atoms. The van der Waals surface area contributed by atoms with Crippen LogP contribution in [-0.2, 0) is 16.1 Å². The van der Waals surface area contributed by atoms with Gasteiger partial charge in [-0.3, -0.25) is 0 Å². The first kappa shape index (κ1) is 14.7. The molecule has 0 aromatic heterocycles. The Morgan fingerprint density at radius 1 is 1.10 bits per heavy atom. The van der Waals surface area contributed by atoms with Crippen LogP contribution in [-0.4, -0.2) is 19.7 Å². The highest BCUT2D eigenvalue weighted by atomic mass is 16.6. The summed E-state index contributed by atoms with van der Waals surface area (Å²) < 4.78 is 15.5. The molecule has 5 nitrogen and oxygen atoms in total. The first-order chi connectivity index (χ1) is 10.2. The molecule has 0 heterocycles. The van der Waals surface area contributed by atoms with Crippen LogP contribution in [0.4, 0.5) is 5.69 Å². The lowest BCUT2D eigenvalue weighted by Gasteiger charge is -2.08. The van der Waals surface area contributed by atoms with Crippen molar-refractivity contribution in [1.29, 1.82) is 0 Å². The number of anilines is 1. The van der Waals surface area contributed by atoms with Crippen molar-refractivity contribution in [2.45, 2.75) is 6.61 Å². The second-order valence-corrected chi connectivity index (χ2v) is 4.37. The topological polar surface area (TPSA) is 70.8 Å². The van der Waals surface area contributed by atoms with Crippen molar-refractivity contribution in [2.75, 3.05) is 19.5 Å². The molecule has 0 aliphatic carbocycles. The second kappa shape index (κ2) is 7.19. The SMILES string of the molecule is COc1cccc(COC(=O)COc2ccc(N)cc2)c1. The minimum Gasteiger partial charge on any atom is -0.497 e. The lowest BCUT2D eigenvalue weighted by molar-refractivity contribution is -0.147. The number of esters is 1. The summed E-state index contributed by atoms with van der Waals surface area (Å²) in [6.07, 6.45) is 0. The number of methoxy groups -OCH3 is 1. The maximum absolute atomic E-state index is 11.6. The second-order valence-electron chi connectivity index (χ2n) is 4.37. The summed E-state index contributed by atoms with van der Waals surface area (Å²) in [5, 5.41) is 0. The third kappa shape index (κ3) is 4.72. The highest BCUT2D eigenvalue weighted by Gasteiger charge is 2.05. The fraction of sp³-hybridized carbons (Fsp3) is 0.188. The van der Waals surface area contributed by atoms with E-state index in [9.17, 15) is 4.79 Å². The zero-order valence-corrected chi connectivity index (χ0v) is 11.7. The van der Waals surface area contributed by atoms with Gasteiger partial charge in [-0.1, -0.05) is 12.1 Å². The van der Waals surface area contributed by atoms with E-state index >= 15 is 0 Å². The summed E-state index contributed by atoms with van der Waals surface area (Å²) in [6.45, 7) is 0.0367. The summed E-state index contributed by atoms with van der Waals surface area (Å²) in [7, 11) is 1.59. The van der Waals surface area contributed by atoms with Crippen LogP contribution in [0.1, 0.15) is 5.56 Å². The molecule has 2 rings (SSSR count). The van der Waals surface area contributed by atoms with Gasteiger partial charge in [0.15, 0.2) is 6.61 Å². The number of carbonyl (C=O) groups is 1. The van der Waals surface area contributed by atoms with E-state index in [1.54, 1.807) is 31.4 Å². The van der Waals surface area contributed by atoms with Crippen LogP contribution in [0.25, 0.3) is 0 Å². The molecule has 0 aliphatic heterocycles. The van der Waals surface area contributed by atoms with Gasteiger partial charge in [-0.2, -0.15) is 0 Å². The zero-order chi connectivity index (χ0) is 15.1. The Bertz CT molecular complexity index is 595. The van der Waals surface area contributed by atoms with E-state index in [1.807, 2.05) is 24.3 Å². The zero-order valence-electron chi connectivity index (χ0n) is 11.7. The third-order valence-electron chi connectivity index (χ3n) is 2.77. The predicted molar refractivity (Wildman–Crippen MR) is 79.1 cm³/mol. The number of ether oxygens (including phenoxy) is 3. The standard InChI is InChI=1S/C16H17NO4/c1-19-15-4-2-3-12(9-15)10-21-16(18)11-20-14-7-5-13(17)6-8-14/h2-9H,10-11,17H2,1H3. The van der Waals surface area contributed by atoms with Gasteiger partial charge in [0.05, 0.1) is 7.11 Å². The van der Waals surface area contributed by atoms with Crippen LogP contribution in [0.5, 0.6) is 11.5 Å². The molecular weight excluding hydrogens is 270 g/mol. The number of hydrogen-bond donors (Lipinski definition) is 1. The normalized spacial score (nSPS) is 9.95. The van der Waals surface area contributed by atoms with Crippen molar-refractivity contribution in [1.82, 2.24) is 0 Å². The number of carbonyl (C=O) groups excluding carboxylic acids is 1. The van der Waals surface area contributed by atoms with Crippen molar-refractivity contribution < 1.29 is 19.0 Å². The molecule has 110 valence electrons. The van der Waals surface area contributed by atoms with Crippen LogP contribution >= 0.6 is 0 Å². The molecule has 0 radical (unpaired) electrons. The Morgan fingerprint density at radius 2 is 1.86 bits per heavy atom. The maximum atomic E-state index is 11.6. The molecule has 0 aliphatic rings. The fourth-order valence-electron chi connectivity index (χ4n) is 1.67. The lowest BCUT2D eigenvalue weighted by Crippen LogP contribution is -2.14. The molecule has 0 amide bonds. The van der Waals surface area contributed by atoms with Crippen LogP contribution in [0.2, 0.25) is 0 Å². The van der Waals surface area contributed by atoms with E-state index in [2.05, 4.69) is 0 Å². The Morgan fingerprint density at radius 3 is 2.57 bits per heavy atom. The van der Waals surface area contributed by atoms with Crippen molar-refractivity contribution in [3.8, 4) is 11.5 Å². The van der Waals surface area contributed by atoms with Gasteiger partial charge >= 0.3 is 5.97 Å². The van der Waals surface area contributed by atoms with Gasteiger partial charge in [0.2, 0.25) is 0 Å². The van der Waals surface area contributed by atoms with Crippen molar-refractivity contribution >= 4 is 11.7 Å². The molecule has 5 heteroatoms. The van der Waals surface area contributed by atoms with Crippen molar-refractivity contribution in [3.05, 3.63) is 54.1 Å². The molecule has 2 aromatic rings. The van der Waals surface area contributed by atoms with Crippen LogP contribution in [0.3, 0.4) is 0 Å². The average molecular weight is 287 g/mol. The molecule has 2 N–H and O–H groups in total. The number of nitrogens with two attached hydrogens (primary N) is 1.